The zero-order valence-corrected chi connectivity index (χ0v) is 17.2. The van der Waals surface area contributed by atoms with Crippen molar-refractivity contribution in [3.63, 3.8) is 0 Å². The van der Waals surface area contributed by atoms with Crippen LogP contribution in [0.15, 0.2) is 66.7 Å². The Hall–Kier alpha value is -3.04. The molecule has 0 saturated heterocycles. The molecule has 0 unspecified atom stereocenters. The average Bonchev–Trinajstić information content (AvgIpc) is 3.08. The number of nitrogens with two attached hydrogens (primary N) is 1. The summed E-state index contributed by atoms with van der Waals surface area (Å²) in [5, 5.41) is 1.33. The molecule has 0 saturated carbocycles. The molecule has 0 aliphatic rings. The number of para-hydroxylation sites is 2. The van der Waals surface area contributed by atoms with E-state index in [0.29, 0.717) is 0 Å². The molecule has 3 aromatic carbocycles. The molecule has 1 heterocycles. The van der Waals surface area contributed by atoms with E-state index in [-0.39, 0.29) is 0 Å². The second kappa shape index (κ2) is 8.54. The number of rotatable bonds is 7. The Morgan fingerprint density at radius 1 is 0.897 bits per heavy atom. The zero-order valence-electron chi connectivity index (χ0n) is 17.2. The van der Waals surface area contributed by atoms with Crippen LogP contribution in [0, 0.1) is 13.8 Å². The molecule has 0 aliphatic carbocycles. The maximum Gasteiger partial charge on any atom is 0.136 e. The number of unbranched alkanes of at least 4 members (excludes halogenated alkanes) is 1. The normalized spacial score (nSPS) is 11.1. The Kier molecular flexibility index (Phi) is 5.68. The van der Waals surface area contributed by atoms with Crippen LogP contribution in [0.2, 0.25) is 0 Å². The third-order valence-electron chi connectivity index (χ3n) is 5.35. The molecule has 4 rings (SSSR count). The van der Waals surface area contributed by atoms with Crippen LogP contribution in [0.25, 0.3) is 22.2 Å². The van der Waals surface area contributed by atoms with Gasteiger partial charge in [-0.25, -0.2) is 0 Å². The molecular formula is C26H28N2O. The Labute approximate surface area is 172 Å². The maximum atomic E-state index is 6.25. The highest BCUT2D eigenvalue weighted by Gasteiger charge is 2.18. The first kappa shape index (κ1) is 19.3. The van der Waals surface area contributed by atoms with Crippen LogP contribution in [-0.4, -0.2) is 11.5 Å². The topological polar surface area (TPSA) is 51.0 Å². The molecule has 3 heteroatoms. The van der Waals surface area contributed by atoms with Gasteiger partial charge < -0.3 is 15.5 Å². The van der Waals surface area contributed by atoms with Crippen molar-refractivity contribution in [2.24, 2.45) is 5.73 Å². The molecule has 148 valence electrons. The third-order valence-corrected chi connectivity index (χ3v) is 5.35. The molecule has 0 spiro atoms. The minimum absolute atomic E-state index is 0.726. The predicted octanol–water partition coefficient (Wildman–Crippen LogP) is 6.53. The largest absolute Gasteiger partial charge is 0.457 e. The van der Waals surface area contributed by atoms with Crippen LogP contribution in [0.5, 0.6) is 11.5 Å². The summed E-state index contributed by atoms with van der Waals surface area (Å²) >= 11 is 0. The summed E-state index contributed by atoms with van der Waals surface area (Å²) in [5.74, 6) is 1.70. The summed E-state index contributed by atoms with van der Waals surface area (Å²) in [6, 6.07) is 22.7. The van der Waals surface area contributed by atoms with Gasteiger partial charge in [0.25, 0.3) is 0 Å². The summed E-state index contributed by atoms with van der Waals surface area (Å²) in [6.45, 7) is 5.07. The van der Waals surface area contributed by atoms with Crippen molar-refractivity contribution < 1.29 is 4.74 Å². The number of fused-ring (bicyclic) bond motifs is 1. The number of nitrogens with one attached hydrogen (secondary N) is 1. The fraction of sp³-hybridized carbons (Fsp3) is 0.231. The van der Waals surface area contributed by atoms with Crippen LogP contribution >= 0.6 is 0 Å². The second-order valence-corrected chi connectivity index (χ2v) is 7.64. The second-order valence-electron chi connectivity index (χ2n) is 7.64. The molecular weight excluding hydrogens is 356 g/mol. The van der Waals surface area contributed by atoms with Crippen LogP contribution < -0.4 is 10.5 Å². The van der Waals surface area contributed by atoms with E-state index in [1.54, 1.807) is 0 Å². The Morgan fingerprint density at radius 3 is 2.45 bits per heavy atom. The molecule has 29 heavy (non-hydrogen) atoms. The molecule has 0 radical (unpaired) electrons. The zero-order chi connectivity index (χ0) is 20.2. The molecule has 1 aromatic heterocycles. The Morgan fingerprint density at radius 2 is 1.66 bits per heavy atom. The highest BCUT2D eigenvalue weighted by Crippen LogP contribution is 2.39. The lowest BCUT2D eigenvalue weighted by Gasteiger charge is -2.12. The molecule has 0 aliphatic heterocycles. The summed E-state index contributed by atoms with van der Waals surface area (Å²) in [6.07, 6.45) is 3.10. The fourth-order valence-corrected chi connectivity index (χ4v) is 4.11. The lowest BCUT2D eigenvalue weighted by Crippen LogP contribution is -1.99. The number of aromatic amines is 1. The molecule has 3 nitrogen and oxygen atoms in total. The first-order chi connectivity index (χ1) is 14.2. The summed E-state index contributed by atoms with van der Waals surface area (Å²) in [7, 11) is 0. The Bertz CT molecular complexity index is 1110. The van der Waals surface area contributed by atoms with Crippen molar-refractivity contribution >= 4 is 10.9 Å². The maximum absolute atomic E-state index is 6.25. The number of ether oxygens (including phenoxy) is 1. The van der Waals surface area contributed by atoms with Crippen molar-refractivity contribution in [1.82, 2.24) is 4.98 Å². The number of aromatic nitrogens is 1. The summed E-state index contributed by atoms with van der Waals surface area (Å²) in [5.41, 5.74) is 13.1. The van der Waals surface area contributed by atoms with Gasteiger partial charge in [-0.1, -0.05) is 36.4 Å². The van der Waals surface area contributed by atoms with E-state index in [2.05, 4.69) is 43.1 Å². The molecule has 0 bridgehead atoms. The standard InChI is InChI=1S/C26H28N2O/c1-18-16-19(2)25-22(13-8-9-15-27)26(28-23(25)17-18)21-12-6-7-14-24(21)29-20-10-4-3-5-11-20/h3-7,10-12,14,16-17,28H,8-9,13,15,27H2,1-2H3. The smallest absolute Gasteiger partial charge is 0.136 e. The van der Waals surface area contributed by atoms with Gasteiger partial charge in [0.05, 0.1) is 5.69 Å². The van der Waals surface area contributed by atoms with Crippen molar-refractivity contribution in [3.8, 4) is 22.8 Å². The highest BCUT2D eigenvalue weighted by molar-refractivity contribution is 5.94. The van der Waals surface area contributed by atoms with E-state index in [1.165, 1.54) is 27.6 Å². The first-order valence-electron chi connectivity index (χ1n) is 10.3. The van der Waals surface area contributed by atoms with E-state index >= 15 is 0 Å². The number of hydrogen-bond donors (Lipinski definition) is 2. The molecule has 3 N–H and O–H groups in total. The van der Waals surface area contributed by atoms with Crippen molar-refractivity contribution in [2.75, 3.05) is 6.54 Å². The van der Waals surface area contributed by atoms with Crippen molar-refractivity contribution in [2.45, 2.75) is 33.1 Å². The number of H-pyrrole nitrogens is 1. The van der Waals surface area contributed by atoms with Gasteiger partial charge in [0.2, 0.25) is 0 Å². The minimum Gasteiger partial charge on any atom is -0.457 e. The fourth-order valence-electron chi connectivity index (χ4n) is 4.11. The van der Waals surface area contributed by atoms with E-state index in [0.717, 1.165) is 48.6 Å². The lowest BCUT2D eigenvalue weighted by atomic mass is 9.97. The molecule has 0 fully saturated rings. The van der Waals surface area contributed by atoms with Gasteiger partial charge in [-0.3, -0.25) is 0 Å². The predicted molar refractivity (Wildman–Crippen MR) is 122 cm³/mol. The minimum atomic E-state index is 0.726. The average molecular weight is 385 g/mol. The monoisotopic (exact) mass is 384 g/mol. The van der Waals surface area contributed by atoms with Gasteiger partial charge in [0.1, 0.15) is 11.5 Å². The first-order valence-corrected chi connectivity index (χ1v) is 10.3. The van der Waals surface area contributed by atoms with E-state index in [9.17, 15) is 0 Å². The quantitative estimate of drug-likeness (QED) is 0.356. The van der Waals surface area contributed by atoms with Crippen LogP contribution in [0.1, 0.15) is 29.5 Å². The van der Waals surface area contributed by atoms with Gasteiger partial charge in [-0.2, -0.15) is 0 Å². The van der Waals surface area contributed by atoms with E-state index in [1.807, 2.05) is 42.5 Å². The molecule has 0 amide bonds. The van der Waals surface area contributed by atoms with Gasteiger partial charge in [0.15, 0.2) is 0 Å². The summed E-state index contributed by atoms with van der Waals surface area (Å²) in [4.78, 5) is 3.70. The number of benzene rings is 3. The molecule has 0 atom stereocenters. The molecule has 4 aromatic rings. The third kappa shape index (κ3) is 4.06. The van der Waals surface area contributed by atoms with Crippen LogP contribution in [0.3, 0.4) is 0 Å². The highest BCUT2D eigenvalue weighted by atomic mass is 16.5. The van der Waals surface area contributed by atoms with Crippen LogP contribution in [0.4, 0.5) is 0 Å². The Balaban J connectivity index is 1.85. The van der Waals surface area contributed by atoms with Crippen molar-refractivity contribution in [1.29, 1.82) is 0 Å². The van der Waals surface area contributed by atoms with E-state index < -0.39 is 0 Å². The number of hydrogen-bond acceptors (Lipinski definition) is 2. The SMILES string of the molecule is Cc1cc(C)c2c(CCCCN)c(-c3ccccc3Oc3ccccc3)[nH]c2c1. The summed E-state index contributed by atoms with van der Waals surface area (Å²) < 4.78 is 6.25. The van der Waals surface area contributed by atoms with E-state index in [4.69, 9.17) is 10.5 Å². The van der Waals surface area contributed by atoms with Crippen molar-refractivity contribution in [3.05, 3.63) is 83.4 Å². The van der Waals surface area contributed by atoms with Gasteiger partial charge in [-0.15, -0.1) is 0 Å². The van der Waals surface area contributed by atoms with Gasteiger partial charge >= 0.3 is 0 Å². The van der Waals surface area contributed by atoms with Gasteiger partial charge in [-0.05, 0) is 86.7 Å². The van der Waals surface area contributed by atoms with Crippen LogP contribution in [-0.2, 0) is 6.42 Å². The van der Waals surface area contributed by atoms with Gasteiger partial charge in [0, 0.05) is 16.5 Å². The lowest BCUT2D eigenvalue weighted by molar-refractivity contribution is 0.484. The number of aryl methyl sites for hydroxylation is 3.